The maximum atomic E-state index is 12.5. The summed E-state index contributed by atoms with van der Waals surface area (Å²) in [6.07, 6.45) is 1.83. The van der Waals surface area contributed by atoms with E-state index in [-0.39, 0.29) is 5.69 Å². The number of nitrogens with zero attached hydrogens (tertiary/aromatic N) is 4. The predicted molar refractivity (Wildman–Crippen MR) is 114 cm³/mol. The maximum Gasteiger partial charge on any atom is 0.329 e. The van der Waals surface area contributed by atoms with E-state index in [2.05, 4.69) is 59.4 Å². The third-order valence-corrected chi connectivity index (χ3v) is 5.29. The molecule has 0 aliphatic heterocycles. The van der Waals surface area contributed by atoms with Crippen LogP contribution in [0.2, 0.25) is 0 Å². The highest BCUT2D eigenvalue weighted by Gasteiger charge is 2.12. The summed E-state index contributed by atoms with van der Waals surface area (Å²) in [6.45, 7) is 7.11. The second-order valence-corrected chi connectivity index (χ2v) is 7.30. The van der Waals surface area contributed by atoms with Crippen molar-refractivity contribution in [1.82, 2.24) is 19.0 Å². The lowest BCUT2D eigenvalue weighted by Gasteiger charge is -2.17. The van der Waals surface area contributed by atoms with Gasteiger partial charge in [0.15, 0.2) is 0 Å². The standard InChI is InChI=1S/C23H26N4O/c1-4-26-21-11-9-18(14-22(21)27(5-2)23(26)28)16-25(3)15-17-8-10-20-19(13-17)7-6-12-24-20/h6-14H,4-5,15-16H2,1-3H3. The van der Waals surface area contributed by atoms with Crippen molar-refractivity contribution < 1.29 is 0 Å². The normalized spacial score (nSPS) is 11.7. The molecule has 0 saturated heterocycles. The fourth-order valence-corrected chi connectivity index (χ4v) is 3.98. The van der Waals surface area contributed by atoms with Gasteiger partial charge in [0.1, 0.15) is 0 Å². The van der Waals surface area contributed by atoms with E-state index in [1.54, 1.807) is 0 Å². The van der Waals surface area contributed by atoms with Gasteiger partial charge in [-0.15, -0.1) is 0 Å². The first-order valence-corrected chi connectivity index (χ1v) is 9.85. The van der Waals surface area contributed by atoms with E-state index >= 15 is 0 Å². The van der Waals surface area contributed by atoms with Crippen molar-refractivity contribution in [2.45, 2.75) is 40.0 Å². The first kappa shape index (κ1) is 18.4. The zero-order valence-electron chi connectivity index (χ0n) is 16.7. The van der Waals surface area contributed by atoms with E-state index in [4.69, 9.17) is 0 Å². The molecule has 0 aliphatic rings. The van der Waals surface area contributed by atoms with Gasteiger partial charge in [0.25, 0.3) is 0 Å². The van der Waals surface area contributed by atoms with Crippen LogP contribution in [0.25, 0.3) is 21.9 Å². The summed E-state index contributed by atoms with van der Waals surface area (Å²) in [5.41, 5.74) is 5.63. The van der Waals surface area contributed by atoms with Crippen molar-refractivity contribution in [3.05, 3.63) is 76.3 Å². The van der Waals surface area contributed by atoms with Gasteiger partial charge in [-0.1, -0.05) is 18.2 Å². The minimum Gasteiger partial charge on any atom is -0.298 e. The molecule has 144 valence electrons. The lowest BCUT2D eigenvalue weighted by Crippen LogP contribution is -2.23. The summed E-state index contributed by atoms with van der Waals surface area (Å²) >= 11 is 0. The van der Waals surface area contributed by atoms with E-state index in [0.29, 0.717) is 13.1 Å². The number of imidazole rings is 1. The maximum absolute atomic E-state index is 12.5. The van der Waals surface area contributed by atoms with Crippen LogP contribution in [0.4, 0.5) is 0 Å². The molecule has 0 fully saturated rings. The topological polar surface area (TPSA) is 43.1 Å². The molecule has 4 aromatic rings. The van der Waals surface area contributed by atoms with Crippen molar-refractivity contribution in [1.29, 1.82) is 0 Å². The average molecular weight is 374 g/mol. The fraction of sp³-hybridized carbons (Fsp3) is 0.304. The van der Waals surface area contributed by atoms with Crippen molar-refractivity contribution in [3.63, 3.8) is 0 Å². The average Bonchev–Trinajstić information content (AvgIpc) is 2.97. The van der Waals surface area contributed by atoms with Gasteiger partial charge in [0, 0.05) is 37.8 Å². The van der Waals surface area contributed by atoms with Crippen LogP contribution in [-0.2, 0) is 26.2 Å². The summed E-state index contributed by atoms with van der Waals surface area (Å²) in [5, 5.41) is 1.17. The van der Waals surface area contributed by atoms with Crippen LogP contribution in [0, 0.1) is 0 Å². The highest BCUT2D eigenvalue weighted by molar-refractivity contribution is 5.79. The van der Waals surface area contributed by atoms with E-state index in [0.717, 1.165) is 29.6 Å². The number of aromatic nitrogens is 3. The Morgan fingerprint density at radius 2 is 1.57 bits per heavy atom. The van der Waals surface area contributed by atoms with E-state index in [1.807, 2.05) is 35.2 Å². The van der Waals surface area contributed by atoms with Crippen molar-refractivity contribution in [3.8, 4) is 0 Å². The summed E-state index contributed by atoms with van der Waals surface area (Å²) in [7, 11) is 2.13. The molecule has 4 rings (SSSR count). The Morgan fingerprint density at radius 3 is 2.32 bits per heavy atom. The van der Waals surface area contributed by atoms with E-state index in [1.165, 1.54) is 16.5 Å². The molecule has 28 heavy (non-hydrogen) atoms. The zero-order valence-corrected chi connectivity index (χ0v) is 16.7. The SMILES string of the molecule is CCn1c(=O)n(CC)c2cc(CN(C)Cc3ccc4ncccc4c3)ccc21. The van der Waals surface area contributed by atoms with Gasteiger partial charge in [-0.2, -0.15) is 0 Å². The zero-order chi connectivity index (χ0) is 19.7. The molecule has 2 aromatic carbocycles. The van der Waals surface area contributed by atoms with E-state index in [9.17, 15) is 4.79 Å². The van der Waals surface area contributed by atoms with Gasteiger partial charge in [0.2, 0.25) is 0 Å². The Kier molecular flexibility index (Phi) is 5.01. The first-order valence-electron chi connectivity index (χ1n) is 9.85. The van der Waals surface area contributed by atoms with Gasteiger partial charge >= 0.3 is 5.69 Å². The van der Waals surface area contributed by atoms with Crippen LogP contribution in [0.3, 0.4) is 0 Å². The van der Waals surface area contributed by atoms with Crippen molar-refractivity contribution in [2.24, 2.45) is 0 Å². The molecule has 0 N–H and O–H groups in total. The highest BCUT2D eigenvalue weighted by Crippen LogP contribution is 2.19. The minimum atomic E-state index is 0.0790. The Labute approximate surface area is 164 Å². The first-order chi connectivity index (χ1) is 13.6. The largest absolute Gasteiger partial charge is 0.329 e. The fourth-order valence-electron chi connectivity index (χ4n) is 3.98. The van der Waals surface area contributed by atoms with Gasteiger partial charge in [-0.25, -0.2) is 4.79 Å². The summed E-state index contributed by atoms with van der Waals surface area (Å²) in [6, 6.07) is 16.9. The van der Waals surface area contributed by atoms with Gasteiger partial charge in [-0.05, 0) is 62.4 Å². The summed E-state index contributed by atoms with van der Waals surface area (Å²) in [4.78, 5) is 19.2. The van der Waals surface area contributed by atoms with Crippen LogP contribution in [-0.4, -0.2) is 26.1 Å². The Bertz CT molecular complexity index is 1190. The van der Waals surface area contributed by atoms with Gasteiger partial charge in [0.05, 0.1) is 16.6 Å². The molecular formula is C23H26N4O. The lowest BCUT2D eigenvalue weighted by molar-refractivity contribution is 0.319. The molecule has 5 nitrogen and oxygen atoms in total. The second-order valence-electron chi connectivity index (χ2n) is 7.30. The molecule has 0 aliphatic carbocycles. The number of aryl methyl sites for hydroxylation is 2. The number of benzene rings is 2. The number of fused-ring (bicyclic) bond motifs is 2. The summed E-state index contributed by atoms with van der Waals surface area (Å²) in [5.74, 6) is 0. The Morgan fingerprint density at radius 1 is 0.893 bits per heavy atom. The van der Waals surface area contributed by atoms with Crippen LogP contribution in [0.5, 0.6) is 0 Å². The molecule has 0 bridgehead atoms. The van der Waals surface area contributed by atoms with Crippen LogP contribution < -0.4 is 5.69 Å². The Balaban J connectivity index is 1.57. The van der Waals surface area contributed by atoms with Gasteiger partial charge in [-0.3, -0.25) is 19.0 Å². The molecule has 5 heteroatoms. The van der Waals surface area contributed by atoms with Crippen LogP contribution >= 0.6 is 0 Å². The number of pyridine rings is 1. The molecule has 0 saturated carbocycles. The molecule has 0 amide bonds. The second kappa shape index (κ2) is 7.60. The quantitative estimate of drug-likeness (QED) is 0.512. The van der Waals surface area contributed by atoms with E-state index < -0.39 is 0 Å². The highest BCUT2D eigenvalue weighted by atomic mass is 16.1. The third kappa shape index (κ3) is 3.34. The Hall–Kier alpha value is -2.92. The van der Waals surface area contributed by atoms with Crippen molar-refractivity contribution in [2.75, 3.05) is 7.05 Å². The third-order valence-electron chi connectivity index (χ3n) is 5.29. The number of hydrogen-bond acceptors (Lipinski definition) is 3. The van der Waals surface area contributed by atoms with Crippen LogP contribution in [0.1, 0.15) is 25.0 Å². The van der Waals surface area contributed by atoms with Gasteiger partial charge < -0.3 is 0 Å². The molecular weight excluding hydrogens is 348 g/mol. The molecule has 0 atom stereocenters. The van der Waals surface area contributed by atoms with Crippen LogP contribution in [0.15, 0.2) is 59.5 Å². The molecule has 2 aromatic heterocycles. The minimum absolute atomic E-state index is 0.0790. The molecule has 2 heterocycles. The number of hydrogen-bond donors (Lipinski definition) is 0. The monoisotopic (exact) mass is 374 g/mol. The smallest absolute Gasteiger partial charge is 0.298 e. The number of rotatable bonds is 6. The molecule has 0 spiro atoms. The lowest BCUT2D eigenvalue weighted by atomic mass is 10.1. The summed E-state index contributed by atoms with van der Waals surface area (Å²) < 4.78 is 3.70. The van der Waals surface area contributed by atoms with Crippen molar-refractivity contribution >= 4 is 21.9 Å². The predicted octanol–water partition coefficient (Wildman–Crippen LogP) is 4.02. The molecule has 0 radical (unpaired) electrons. The molecule has 0 unspecified atom stereocenters.